The van der Waals surface area contributed by atoms with Crippen molar-refractivity contribution < 1.29 is 29.0 Å². The van der Waals surface area contributed by atoms with E-state index in [1.807, 2.05) is 121 Å². The van der Waals surface area contributed by atoms with E-state index < -0.39 is 36.9 Å². The van der Waals surface area contributed by atoms with Gasteiger partial charge in [0.1, 0.15) is 28.5 Å². The zero-order valence-corrected chi connectivity index (χ0v) is 26.3. The van der Waals surface area contributed by atoms with Crippen LogP contribution < -0.4 is 26.3 Å². The molecule has 1 aromatic heterocycles. The van der Waals surface area contributed by atoms with Gasteiger partial charge >= 0.3 is 5.97 Å². The highest BCUT2D eigenvalue weighted by Crippen LogP contribution is 2.66. The molecule has 1 amide bonds. The van der Waals surface area contributed by atoms with Gasteiger partial charge < -0.3 is 24.5 Å². The highest BCUT2D eigenvalue weighted by molar-refractivity contribution is 7.99. The number of hydrogen-bond donors (Lipinski definition) is 1. The zero-order chi connectivity index (χ0) is 32.5. The molecule has 5 rings (SSSR count). The van der Waals surface area contributed by atoms with Gasteiger partial charge in [-0.05, 0) is 61.2 Å². The van der Waals surface area contributed by atoms with Gasteiger partial charge in [-0.25, -0.2) is 4.79 Å². The molecule has 0 aliphatic heterocycles. The maximum atomic E-state index is 14.3. The van der Waals surface area contributed by atoms with E-state index in [-0.39, 0.29) is 17.6 Å². The SMILES string of the molecule is COC(=O)C(/C(=C(/[O-])OC)[P+](c1ccccc1)(c1ccccc1)c1ccccc1)n1cccc1C(=O)C(=O)NCc1ccccc1. The molecule has 0 aliphatic rings. The number of methoxy groups -OCH3 is 2. The molecular weight excluding hydrogens is 599 g/mol. The highest BCUT2D eigenvalue weighted by atomic mass is 31.2. The zero-order valence-electron chi connectivity index (χ0n) is 25.4. The van der Waals surface area contributed by atoms with E-state index in [0.717, 1.165) is 21.5 Å². The van der Waals surface area contributed by atoms with Crippen LogP contribution in [-0.2, 0) is 25.6 Å². The van der Waals surface area contributed by atoms with Crippen molar-refractivity contribution in [1.82, 2.24) is 9.88 Å². The minimum atomic E-state index is -3.22. The number of hydrogen-bond acceptors (Lipinski definition) is 6. The monoisotopic (exact) mass is 632 g/mol. The molecule has 0 fully saturated rings. The Morgan fingerprint density at radius 1 is 0.696 bits per heavy atom. The van der Waals surface area contributed by atoms with Crippen molar-refractivity contribution >= 4 is 40.8 Å². The summed E-state index contributed by atoms with van der Waals surface area (Å²) in [6.45, 7) is 0.136. The standard InChI is InChI=1S/C37H33N2O6P/c1-44-36(42)32(39-25-15-24-31(39)33(40)35(41)38-26-27-16-7-3-8-17-27)34(37(43)45-2)46(28-18-9-4-10-19-28,29-20-11-5-12-21-29)30-22-13-6-14-23-30/h3-25,32H,26H2,1-2H3,(H-,38,41,43)/b37-34+. The number of carbonyl (C=O) groups is 3. The molecule has 1 unspecified atom stereocenters. The summed E-state index contributed by atoms with van der Waals surface area (Å²) in [4.78, 5) is 40.9. The molecule has 46 heavy (non-hydrogen) atoms. The number of nitrogens with zero attached hydrogens (tertiary/aromatic N) is 1. The molecule has 0 radical (unpaired) electrons. The van der Waals surface area contributed by atoms with E-state index in [4.69, 9.17) is 9.47 Å². The average Bonchev–Trinajstić information content (AvgIpc) is 3.61. The fourth-order valence-corrected chi connectivity index (χ4v) is 10.2. The lowest BCUT2D eigenvalue weighted by Crippen LogP contribution is -2.40. The number of amides is 1. The first-order valence-electron chi connectivity index (χ1n) is 14.6. The smallest absolute Gasteiger partial charge is 0.337 e. The summed E-state index contributed by atoms with van der Waals surface area (Å²) in [6, 6.07) is 39.1. The van der Waals surface area contributed by atoms with Gasteiger partial charge in [-0.1, -0.05) is 84.9 Å². The molecule has 1 atom stereocenters. The molecule has 5 aromatic rings. The van der Waals surface area contributed by atoms with Crippen LogP contribution in [0.3, 0.4) is 0 Å². The van der Waals surface area contributed by atoms with Gasteiger partial charge in [-0.15, -0.1) is 0 Å². The first-order chi connectivity index (χ1) is 22.4. The first-order valence-corrected chi connectivity index (χ1v) is 16.3. The van der Waals surface area contributed by atoms with Gasteiger partial charge in [0.05, 0.1) is 18.7 Å². The molecule has 0 aliphatic carbocycles. The number of aromatic nitrogens is 1. The second-order valence-electron chi connectivity index (χ2n) is 10.3. The Morgan fingerprint density at radius 2 is 1.17 bits per heavy atom. The van der Waals surface area contributed by atoms with E-state index in [1.54, 1.807) is 6.07 Å². The second kappa shape index (κ2) is 14.5. The second-order valence-corrected chi connectivity index (χ2v) is 13.7. The third kappa shape index (κ3) is 6.21. The van der Waals surface area contributed by atoms with Gasteiger partial charge in [0.15, 0.2) is 6.04 Å². The van der Waals surface area contributed by atoms with Crippen LogP contribution in [0.4, 0.5) is 0 Å². The lowest BCUT2D eigenvalue weighted by Gasteiger charge is -2.35. The third-order valence-corrected chi connectivity index (χ3v) is 12.0. The Bertz CT molecular complexity index is 1730. The number of nitrogens with one attached hydrogen (secondary N) is 1. The van der Waals surface area contributed by atoms with Gasteiger partial charge in [0.25, 0.3) is 11.7 Å². The van der Waals surface area contributed by atoms with Crippen molar-refractivity contribution in [1.29, 1.82) is 0 Å². The van der Waals surface area contributed by atoms with Crippen molar-refractivity contribution in [3.05, 3.63) is 162 Å². The van der Waals surface area contributed by atoms with Crippen LogP contribution in [-0.4, -0.2) is 36.4 Å². The Morgan fingerprint density at radius 3 is 1.63 bits per heavy atom. The number of esters is 1. The number of carbonyl (C=O) groups excluding carboxylic acids is 3. The molecular formula is C37H33N2O6P. The van der Waals surface area contributed by atoms with Gasteiger partial charge in [0, 0.05) is 12.7 Å². The number of ether oxygens (including phenoxy) is 2. The number of ketones is 1. The van der Waals surface area contributed by atoms with Crippen LogP contribution in [0.15, 0.2) is 151 Å². The highest BCUT2D eigenvalue weighted by Gasteiger charge is 2.55. The summed E-state index contributed by atoms with van der Waals surface area (Å²) in [6.07, 6.45) is 1.50. The van der Waals surface area contributed by atoms with Gasteiger partial charge in [0.2, 0.25) is 0 Å². The van der Waals surface area contributed by atoms with Gasteiger partial charge in [-0.2, -0.15) is 0 Å². The summed E-state index contributed by atoms with van der Waals surface area (Å²) in [7, 11) is -0.746. The quantitative estimate of drug-likeness (QED) is 0.0736. The van der Waals surface area contributed by atoms with Crippen LogP contribution in [0.25, 0.3) is 0 Å². The van der Waals surface area contributed by atoms with Crippen LogP contribution in [0, 0.1) is 0 Å². The molecule has 0 saturated carbocycles. The molecule has 8 nitrogen and oxygen atoms in total. The Labute approximate surface area is 268 Å². The number of Topliss-reactive ketones (excluding diaryl/α,β-unsaturated/α-hetero) is 1. The van der Waals surface area contributed by atoms with E-state index in [1.165, 1.54) is 31.0 Å². The van der Waals surface area contributed by atoms with Crippen molar-refractivity contribution in [2.45, 2.75) is 12.6 Å². The molecule has 1 N–H and O–H groups in total. The van der Waals surface area contributed by atoms with E-state index in [0.29, 0.717) is 0 Å². The topological polar surface area (TPSA) is 110 Å². The fourth-order valence-electron chi connectivity index (χ4n) is 5.61. The first kappa shape index (κ1) is 31.9. The minimum Gasteiger partial charge on any atom is -0.614 e. The normalized spacial score (nSPS) is 12.4. The molecule has 4 aromatic carbocycles. The summed E-state index contributed by atoms with van der Waals surface area (Å²) in [5.74, 6) is -3.28. The molecule has 1 heterocycles. The maximum absolute atomic E-state index is 14.3. The third-order valence-electron chi connectivity index (χ3n) is 7.66. The van der Waals surface area contributed by atoms with Gasteiger partial charge in [-0.3, -0.25) is 9.59 Å². The number of benzene rings is 4. The van der Waals surface area contributed by atoms with Crippen molar-refractivity contribution in [3.63, 3.8) is 0 Å². The minimum absolute atomic E-state index is 0.0837. The van der Waals surface area contributed by atoms with Crippen LogP contribution in [0.5, 0.6) is 0 Å². The van der Waals surface area contributed by atoms with Crippen LogP contribution in [0.1, 0.15) is 22.1 Å². The molecule has 9 heteroatoms. The van der Waals surface area contributed by atoms with Crippen LogP contribution in [0.2, 0.25) is 0 Å². The number of rotatable bonds is 12. The van der Waals surface area contributed by atoms with Crippen molar-refractivity contribution in [3.8, 4) is 0 Å². The van der Waals surface area contributed by atoms with Crippen molar-refractivity contribution in [2.75, 3.05) is 14.2 Å². The molecule has 0 bridgehead atoms. The molecule has 232 valence electrons. The lowest BCUT2D eigenvalue weighted by atomic mass is 10.2. The average molecular weight is 633 g/mol. The Hall–Kier alpha value is -5.46. The Kier molecular flexibility index (Phi) is 10.1. The predicted molar refractivity (Wildman–Crippen MR) is 177 cm³/mol. The lowest BCUT2D eigenvalue weighted by molar-refractivity contribution is -0.354. The summed E-state index contributed by atoms with van der Waals surface area (Å²) < 4.78 is 12.1. The van der Waals surface area contributed by atoms with Crippen molar-refractivity contribution in [2.24, 2.45) is 0 Å². The van der Waals surface area contributed by atoms with E-state index >= 15 is 0 Å². The summed E-state index contributed by atoms with van der Waals surface area (Å²) in [5, 5.41) is 19.4. The molecule has 0 saturated heterocycles. The predicted octanol–water partition coefficient (Wildman–Crippen LogP) is 3.87. The Balaban J connectivity index is 1.75. The fraction of sp³-hybridized carbons (Fsp3) is 0.108. The molecule has 0 spiro atoms. The summed E-state index contributed by atoms with van der Waals surface area (Å²) in [5.41, 5.74) is 0.727. The van der Waals surface area contributed by atoms with E-state index in [2.05, 4.69) is 5.32 Å². The maximum Gasteiger partial charge on any atom is 0.337 e. The summed E-state index contributed by atoms with van der Waals surface area (Å²) >= 11 is 0. The van der Waals surface area contributed by atoms with Crippen LogP contribution >= 0.6 is 7.26 Å². The largest absolute Gasteiger partial charge is 0.614 e. The van der Waals surface area contributed by atoms with E-state index in [9.17, 15) is 19.5 Å².